The van der Waals surface area contributed by atoms with Crippen molar-refractivity contribution in [2.24, 2.45) is 5.92 Å². The van der Waals surface area contributed by atoms with E-state index in [1.807, 2.05) is 13.8 Å². The van der Waals surface area contributed by atoms with Crippen LogP contribution in [0.2, 0.25) is 0 Å². The molecule has 1 amide bonds. The van der Waals surface area contributed by atoms with Crippen LogP contribution in [0.15, 0.2) is 82.6 Å². The van der Waals surface area contributed by atoms with Crippen LogP contribution in [0.5, 0.6) is 5.75 Å². The maximum atomic E-state index is 13.7. The molecule has 3 aromatic carbocycles. The van der Waals surface area contributed by atoms with E-state index in [4.69, 9.17) is 4.74 Å². The van der Waals surface area contributed by atoms with Gasteiger partial charge in [0, 0.05) is 19.5 Å². The SMILES string of the molecule is Cc1ccc(S(=O)(=O)Nc2cccc3c2O[C@@H](CN(C)S(=O)(=O)c2ccccc2)[C@H](C)CN([C@@H](C)CO)C3=O)cc1. The van der Waals surface area contributed by atoms with Gasteiger partial charge in [0.05, 0.1) is 40.2 Å². The van der Waals surface area contributed by atoms with Crippen molar-refractivity contribution >= 4 is 31.6 Å². The number of likely N-dealkylation sites (N-methyl/N-ethyl adjacent to an activating group) is 1. The maximum Gasteiger partial charge on any atom is 0.262 e. The fraction of sp³-hybridized carbons (Fsp3) is 0.345. The Kier molecular flexibility index (Phi) is 9.07. The van der Waals surface area contributed by atoms with Gasteiger partial charge in [0.2, 0.25) is 10.0 Å². The Morgan fingerprint density at radius 1 is 1.00 bits per heavy atom. The van der Waals surface area contributed by atoms with Crippen LogP contribution < -0.4 is 9.46 Å². The highest BCUT2D eigenvalue weighted by molar-refractivity contribution is 7.92. The van der Waals surface area contributed by atoms with Gasteiger partial charge in [0.15, 0.2) is 5.75 Å². The Morgan fingerprint density at radius 2 is 1.66 bits per heavy atom. The fourth-order valence-corrected chi connectivity index (χ4v) is 6.85. The van der Waals surface area contributed by atoms with E-state index in [0.29, 0.717) is 0 Å². The standard InChI is InChI=1S/C29H35N3O7S2/c1-20-13-15-23(16-14-20)40(35,36)30-26-12-8-11-25-28(26)39-27(21(2)17-32(29(25)34)22(3)19-33)18-31(4)41(37,38)24-9-6-5-7-10-24/h5-16,21-22,27,30,33H,17-19H2,1-4H3/t21-,22+,27+/m1/s1. The van der Waals surface area contributed by atoms with Gasteiger partial charge in [-0.1, -0.05) is 48.9 Å². The first-order chi connectivity index (χ1) is 19.3. The lowest BCUT2D eigenvalue weighted by atomic mass is 9.99. The zero-order chi connectivity index (χ0) is 29.9. The average molecular weight is 602 g/mol. The van der Waals surface area contributed by atoms with Crippen molar-refractivity contribution in [3.05, 3.63) is 83.9 Å². The second-order valence-electron chi connectivity index (χ2n) is 10.3. The van der Waals surface area contributed by atoms with E-state index in [9.17, 15) is 26.7 Å². The average Bonchev–Trinajstić information content (AvgIpc) is 2.95. The van der Waals surface area contributed by atoms with E-state index < -0.39 is 44.0 Å². The molecule has 1 heterocycles. The number of anilines is 1. The number of nitrogens with zero attached hydrogens (tertiary/aromatic N) is 2. The minimum absolute atomic E-state index is 0.00890. The molecule has 0 fully saturated rings. The monoisotopic (exact) mass is 601 g/mol. The van der Waals surface area contributed by atoms with Crippen LogP contribution in [0.1, 0.15) is 29.8 Å². The molecule has 0 aliphatic carbocycles. The number of aliphatic hydroxyl groups excluding tert-OH is 1. The van der Waals surface area contributed by atoms with E-state index in [2.05, 4.69) is 4.72 Å². The molecule has 220 valence electrons. The lowest BCUT2D eigenvalue weighted by Crippen LogP contribution is -2.50. The van der Waals surface area contributed by atoms with Crippen molar-refractivity contribution in [2.75, 3.05) is 31.5 Å². The van der Waals surface area contributed by atoms with Crippen molar-refractivity contribution < 1.29 is 31.5 Å². The summed E-state index contributed by atoms with van der Waals surface area (Å²) in [6.45, 7) is 5.19. The molecule has 0 aromatic heterocycles. The molecule has 0 radical (unpaired) electrons. The molecule has 10 nitrogen and oxygen atoms in total. The zero-order valence-corrected chi connectivity index (χ0v) is 25.0. The topological polar surface area (TPSA) is 133 Å². The molecule has 12 heteroatoms. The highest BCUT2D eigenvalue weighted by Gasteiger charge is 2.36. The van der Waals surface area contributed by atoms with Gasteiger partial charge < -0.3 is 14.7 Å². The van der Waals surface area contributed by atoms with Crippen LogP contribution in [-0.2, 0) is 20.0 Å². The summed E-state index contributed by atoms with van der Waals surface area (Å²) in [6, 6.07) is 18.3. The first-order valence-corrected chi connectivity index (χ1v) is 16.1. The van der Waals surface area contributed by atoms with Crippen molar-refractivity contribution in [3.63, 3.8) is 0 Å². The van der Waals surface area contributed by atoms with Crippen molar-refractivity contribution in [1.82, 2.24) is 9.21 Å². The number of sulfonamides is 2. The summed E-state index contributed by atoms with van der Waals surface area (Å²) in [5, 5.41) is 9.89. The van der Waals surface area contributed by atoms with Gasteiger partial charge in [0.1, 0.15) is 6.10 Å². The van der Waals surface area contributed by atoms with Gasteiger partial charge in [0.25, 0.3) is 15.9 Å². The summed E-state index contributed by atoms with van der Waals surface area (Å²) >= 11 is 0. The number of fused-ring (bicyclic) bond motifs is 1. The second kappa shape index (κ2) is 12.2. The summed E-state index contributed by atoms with van der Waals surface area (Å²) in [5.41, 5.74) is 1.03. The number of hydrogen-bond acceptors (Lipinski definition) is 7. The van der Waals surface area contributed by atoms with E-state index in [1.54, 1.807) is 43.3 Å². The number of amides is 1. The van der Waals surface area contributed by atoms with Crippen molar-refractivity contribution in [3.8, 4) is 5.75 Å². The molecule has 1 aliphatic rings. The van der Waals surface area contributed by atoms with Gasteiger partial charge >= 0.3 is 0 Å². The highest BCUT2D eigenvalue weighted by Crippen LogP contribution is 2.36. The number of rotatable bonds is 9. The molecule has 0 saturated heterocycles. The van der Waals surface area contributed by atoms with E-state index >= 15 is 0 Å². The molecule has 0 spiro atoms. The lowest BCUT2D eigenvalue weighted by Gasteiger charge is -2.38. The molecule has 41 heavy (non-hydrogen) atoms. The molecule has 1 aliphatic heterocycles. The number of carbonyl (C=O) groups is 1. The van der Waals surface area contributed by atoms with Crippen LogP contribution in [-0.4, -0.2) is 75.9 Å². The third-order valence-electron chi connectivity index (χ3n) is 7.16. The first-order valence-electron chi connectivity index (χ1n) is 13.2. The van der Waals surface area contributed by atoms with Gasteiger partial charge in [-0.2, -0.15) is 4.31 Å². The summed E-state index contributed by atoms with van der Waals surface area (Å²) in [5.74, 6) is -0.838. The van der Waals surface area contributed by atoms with Crippen molar-refractivity contribution in [1.29, 1.82) is 0 Å². The van der Waals surface area contributed by atoms with Crippen LogP contribution in [0.25, 0.3) is 0 Å². The molecular formula is C29H35N3O7S2. The Balaban J connectivity index is 1.76. The summed E-state index contributed by atoms with van der Waals surface area (Å²) < 4.78 is 63.3. The van der Waals surface area contributed by atoms with Crippen LogP contribution in [0.3, 0.4) is 0 Å². The number of hydrogen-bond donors (Lipinski definition) is 2. The smallest absolute Gasteiger partial charge is 0.262 e. The predicted molar refractivity (Wildman–Crippen MR) is 156 cm³/mol. The Hall–Kier alpha value is -3.45. The molecule has 2 N–H and O–H groups in total. The Labute approximate surface area is 241 Å². The maximum absolute atomic E-state index is 13.7. The molecule has 0 saturated carbocycles. The number of nitrogens with one attached hydrogen (secondary N) is 1. The third kappa shape index (κ3) is 6.56. The molecule has 3 atom stereocenters. The van der Waals surface area contributed by atoms with Gasteiger partial charge in [-0.25, -0.2) is 16.8 Å². The van der Waals surface area contributed by atoms with E-state index in [0.717, 1.165) is 5.56 Å². The summed E-state index contributed by atoms with van der Waals surface area (Å²) in [4.78, 5) is 15.3. The molecule has 0 unspecified atom stereocenters. The zero-order valence-electron chi connectivity index (χ0n) is 23.4. The quantitative estimate of drug-likeness (QED) is 0.384. The Bertz CT molecular complexity index is 1600. The molecule has 0 bridgehead atoms. The minimum atomic E-state index is -4.05. The number of aliphatic hydroxyl groups is 1. The summed E-state index contributed by atoms with van der Waals surface area (Å²) in [7, 11) is -6.47. The second-order valence-corrected chi connectivity index (χ2v) is 14.0. The van der Waals surface area contributed by atoms with Crippen LogP contribution in [0.4, 0.5) is 5.69 Å². The number of benzene rings is 3. The first kappa shape index (κ1) is 30.5. The normalized spacial score (nSPS) is 18.7. The highest BCUT2D eigenvalue weighted by atomic mass is 32.2. The fourth-order valence-electron chi connectivity index (χ4n) is 4.59. The number of carbonyl (C=O) groups excluding carboxylic acids is 1. The predicted octanol–water partition coefficient (Wildman–Crippen LogP) is 3.34. The number of para-hydroxylation sites is 1. The van der Waals surface area contributed by atoms with Gasteiger partial charge in [-0.05, 0) is 50.2 Å². The molecule has 3 aromatic rings. The summed E-state index contributed by atoms with van der Waals surface area (Å²) in [6.07, 6.45) is -0.774. The van der Waals surface area contributed by atoms with Crippen LogP contribution in [0, 0.1) is 12.8 Å². The third-order valence-corrected chi connectivity index (χ3v) is 10.4. The minimum Gasteiger partial charge on any atom is -0.486 e. The number of ether oxygens (including phenoxy) is 1. The lowest BCUT2D eigenvalue weighted by molar-refractivity contribution is 0.0389. The van der Waals surface area contributed by atoms with E-state index in [-0.39, 0.29) is 46.5 Å². The van der Waals surface area contributed by atoms with Crippen molar-refractivity contribution in [2.45, 2.75) is 42.7 Å². The molecular weight excluding hydrogens is 566 g/mol. The van der Waals surface area contributed by atoms with Crippen LogP contribution >= 0.6 is 0 Å². The van der Waals surface area contributed by atoms with Gasteiger partial charge in [-0.3, -0.25) is 9.52 Å². The molecule has 4 rings (SSSR count). The van der Waals surface area contributed by atoms with Gasteiger partial charge in [-0.15, -0.1) is 0 Å². The number of aryl methyl sites for hydroxylation is 1. The van der Waals surface area contributed by atoms with E-state index in [1.165, 1.54) is 52.7 Å². The largest absolute Gasteiger partial charge is 0.486 e. The Morgan fingerprint density at radius 3 is 2.29 bits per heavy atom.